The molecule has 0 bridgehead atoms. The average Bonchev–Trinajstić information content (AvgIpc) is 2.26. The van der Waals surface area contributed by atoms with Crippen LogP contribution < -0.4 is 0 Å². The van der Waals surface area contributed by atoms with E-state index in [4.69, 9.17) is 5.26 Å². The molecule has 0 N–H and O–H groups in total. The topological polar surface area (TPSA) is 66.6 Å². The fourth-order valence-electron chi connectivity index (χ4n) is 1.27. The van der Waals surface area contributed by atoms with Crippen LogP contribution in [0.5, 0.6) is 0 Å². The Morgan fingerprint density at radius 2 is 2.07 bits per heavy atom. The molecule has 4 heteroatoms. The van der Waals surface area contributed by atoms with Gasteiger partial charge in [-0.3, -0.25) is 4.79 Å². The van der Waals surface area contributed by atoms with Crippen molar-refractivity contribution in [3.8, 4) is 6.07 Å². The fourth-order valence-corrected chi connectivity index (χ4v) is 1.27. The van der Waals surface area contributed by atoms with Gasteiger partial charge in [-0.15, -0.1) is 0 Å². The molecule has 78 valence electrons. The van der Waals surface area contributed by atoms with Crippen molar-refractivity contribution in [3.63, 3.8) is 0 Å². The van der Waals surface area contributed by atoms with Crippen molar-refractivity contribution in [1.82, 2.24) is 9.97 Å². The number of rotatable bonds is 4. The SMILES string of the molecule is CC(C)CC(C#N)C(=O)c1ncccn1. The van der Waals surface area contributed by atoms with E-state index in [1.54, 1.807) is 6.07 Å². The summed E-state index contributed by atoms with van der Waals surface area (Å²) < 4.78 is 0. The summed E-state index contributed by atoms with van der Waals surface area (Å²) in [4.78, 5) is 19.4. The average molecular weight is 203 g/mol. The molecule has 0 saturated carbocycles. The van der Waals surface area contributed by atoms with E-state index in [2.05, 4.69) is 9.97 Å². The Labute approximate surface area is 89.0 Å². The molecule has 0 saturated heterocycles. The minimum Gasteiger partial charge on any atom is -0.289 e. The number of ketones is 1. The molecule has 0 fully saturated rings. The Hall–Kier alpha value is -1.76. The van der Waals surface area contributed by atoms with Crippen LogP contribution in [0.1, 0.15) is 30.9 Å². The molecule has 0 aliphatic rings. The molecular formula is C11H13N3O. The standard InChI is InChI=1S/C11H13N3O/c1-8(2)6-9(7-12)10(15)11-13-4-3-5-14-11/h3-5,8-9H,6H2,1-2H3. The number of carbonyl (C=O) groups excluding carboxylic acids is 1. The largest absolute Gasteiger partial charge is 0.289 e. The summed E-state index contributed by atoms with van der Waals surface area (Å²) in [6.45, 7) is 3.95. The normalized spacial score (nSPS) is 12.1. The number of nitriles is 1. The second-order valence-electron chi connectivity index (χ2n) is 3.75. The number of aromatic nitrogens is 2. The highest BCUT2D eigenvalue weighted by molar-refractivity contribution is 5.95. The Balaban J connectivity index is 2.80. The van der Waals surface area contributed by atoms with Crippen molar-refractivity contribution < 1.29 is 4.79 Å². The van der Waals surface area contributed by atoms with Crippen LogP contribution in [-0.2, 0) is 0 Å². The van der Waals surface area contributed by atoms with Crippen LogP contribution in [-0.4, -0.2) is 15.8 Å². The summed E-state index contributed by atoms with van der Waals surface area (Å²) in [6, 6.07) is 3.64. The molecule has 0 radical (unpaired) electrons. The molecule has 0 amide bonds. The van der Waals surface area contributed by atoms with E-state index in [1.807, 2.05) is 19.9 Å². The number of nitrogens with zero attached hydrogens (tertiary/aromatic N) is 3. The lowest BCUT2D eigenvalue weighted by molar-refractivity contribution is 0.0926. The van der Waals surface area contributed by atoms with Gasteiger partial charge in [0.1, 0.15) is 5.92 Å². The highest BCUT2D eigenvalue weighted by Gasteiger charge is 2.22. The molecule has 1 aromatic rings. The molecule has 1 atom stereocenters. The van der Waals surface area contributed by atoms with Gasteiger partial charge in [-0.1, -0.05) is 13.8 Å². The van der Waals surface area contributed by atoms with Crippen LogP contribution in [0.4, 0.5) is 0 Å². The Kier molecular flexibility index (Phi) is 3.92. The van der Waals surface area contributed by atoms with Gasteiger partial charge < -0.3 is 0 Å². The Bertz CT molecular complexity index is 367. The van der Waals surface area contributed by atoms with Gasteiger partial charge in [-0.25, -0.2) is 9.97 Å². The highest BCUT2D eigenvalue weighted by Crippen LogP contribution is 2.14. The van der Waals surface area contributed by atoms with Gasteiger partial charge in [-0.2, -0.15) is 5.26 Å². The van der Waals surface area contributed by atoms with Crippen molar-refractivity contribution in [2.24, 2.45) is 11.8 Å². The lowest BCUT2D eigenvalue weighted by Gasteiger charge is -2.08. The van der Waals surface area contributed by atoms with E-state index in [-0.39, 0.29) is 11.6 Å². The summed E-state index contributed by atoms with van der Waals surface area (Å²) in [5.74, 6) is -0.480. The first kappa shape index (κ1) is 11.3. The Morgan fingerprint density at radius 3 is 2.53 bits per heavy atom. The molecule has 1 heterocycles. The molecular weight excluding hydrogens is 190 g/mol. The third-order valence-electron chi connectivity index (χ3n) is 1.97. The van der Waals surface area contributed by atoms with Gasteiger partial charge in [-0.05, 0) is 18.4 Å². The second-order valence-corrected chi connectivity index (χ2v) is 3.75. The van der Waals surface area contributed by atoms with Crippen LogP contribution in [0.3, 0.4) is 0 Å². The lowest BCUT2D eigenvalue weighted by atomic mass is 9.94. The zero-order valence-electron chi connectivity index (χ0n) is 8.84. The Morgan fingerprint density at radius 1 is 1.47 bits per heavy atom. The van der Waals surface area contributed by atoms with Crippen molar-refractivity contribution in [2.45, 2.75) is 20.3 Å². The minimum atomic E-state index is -0.632. The first-order valence-corrected chi connectivity index (χ1v) is 4.86. The molecule has 0 aromatic carbocycles. The van der Waals surface area contributed by atoms with Gasteiger partial charge in [0.15, 0.2) is 5.82 Å². The van der Waals surface area contributed by atoms with Crippen molar-refractivity contribution >= 4 is 5.78 Å². The lowest BCUT2D eigenvalue weighted by Crippen LogP contribution is -2.17. The maximum absolute atomic E-state index is 11.8. The molecule has 1 aromatic heterocycles. The molecule has 4 nitrogen and oxygen atoms in total. The van der Waals surface area contributed by atoms with Crippen LogP contribution in [0.15, 0.2) is 18.5 Å². The van der Waals surface area contributed by atoms with Crippen LogP contribution in [0, 0.1) is 23.2 Å². The van der Waals surface area contributed by atoms with Gasteiger partial charge in [0.05, 0.1) is 6.07 Å². The van der Waals surface area contributed by atoms with E-state index in [0.717, 1.165) is 0 Å². The minimum absolute atomic E-state index is 0.129. The van der Waals surface area contributed by atoms with Crippen LogP contribution >= 0.6 is 0 Å². The number of carbonyl (C=O) groups is 1. The van der Waals surface area contributed by atoms with Crippen molar-refractivity contribution in [1.29, 1.82) is 5.26 Å². The smallest absolute Gasteiger partial charge is 0.217 e. The summed E-state index contributed by atoms with van der Waals surface area (Å²) >= 11 is 0. The van der Waals surface area contributed by atoms with Gasteiger partial charge >= 0.3 is 0 Å². The molecule has 1 unspecified atom stereocenters. The predicted molar refractivity (Wildman–Crippen MR) is 54.9 cm³/mol. The maximum Gasteiger partial charge on any atom is 0.217 e. The summed E-state index contributed by atoms with van der Waals surface area (Å²) in [5.41, 5.74) is 0. The van der Waals surface area contributed by atoms with Gasteiger partial charge in [0.25, 0.3) is 0 Å². The quantitative estimate of drug-likeness (QED) is 0.700. The van der Waals surface area contributed by atoms with E-state index in [1.165, 1.54) is 12.4 Å². The summed E-state index contributed by atoms with van der Waals surface area (Å²) in [5, 5.41) is 8.88. The molecule has 15 heavy (non-hydrogen) atoms. The van der Waals surface area contributed by atoms with Crippen LogP contribution in [0.2, 0.25) is 0 Å². The van der Waals surface area contributed by atoms with E-state index in [9.17, 15) is 4.79 Å². The zero-order valence-corrected chi connectivity index (χ0v) is 8.84. The van der Waals surface area contributed by atoms with Crippen LogP contribution in [0.25, 0.3) is 0 Å². The van der Waals surface area contributed by atoms with Gasteiger partial charge in [0.2, 0.25) is 5.78 Å². The fraction of sp³-hybridized carbons (Fsp3) is 0.455. The first-order valence-electron chi connectivity index (χ1n) is 4.86. The second kappa shape index (κ2) is 5.20. The zero-order chi connectivity index (χ0) is 11.3. The van der Waals surface area contributed by atoms with Crippen molar-refractivity contribution in [3.05, 3.63) is 24.3 Å². The maximum atomic E-state index is 11.8. The number of Topliss-reactive ketones (excluding diaryl/α,β-unsaturated/α-hetero) is 1. The van der Waals surface area contributed by atoms with E-state index >= 15 is 0 Å². The number of hydrogen-bond acceptors (Lipinski definition) is 4. The summed E-state index contributed by atoms with van der Waals surface area (Å²) in [6.07, 6.45) is 3.56. The first-order chi connectivity index (χ1) is 7.15. The highest BCUT2D eigenvalue weighted by atomic mass is 16.1. The number of hydrogen-bond donors (Lipinski definition) is 0. The third kappa shape index (κ3) is 3.13. The molecule has 1 rings (SSSR count). The van der Waals surface area contributed by atoms with E-state index < -0.39 is 5.92 Å². The van der Waals surface area contributed by atoms with E-state index in [0.29, 0.717) is 12.3 Å². The monoisotopic (exact) mass is 203 g/mol. The van der Waals surface area contributed by atoms with Gasteiger partial charge in [0, 0.05) is 12.4 Å². The third-order valence-corrected chi connectivity index (χ3v) is 1.97. The summed E-state index contributed by atoms with van der Waals surface area (Å²) in [7, 11) is 0. The van der Waals surface area contributed by atoms with Crippen molar-refractivity contribution in [2.75, 3.05) is 0 Å². The molecule has 0 aliphatic carbocycles. The molecule has 0 spiro atoms. The predicted octanol–water partition coefficient (Wildman–Crippen LogP) is 1.85. The molecule has 0 aliphatic heterocycles.